The standard InChI is InChI=1S/C19H15ClFN3O2S/c1-10-3-4-12(7-11(10)2)22-9-14-17(25)23-19(27)24(18(14)26)13-5-6-16(21)15(20)8-13/h3-9,26H,1-2H3,(H,23,25,27). The Labute approximate surface area is 164 Å². The lowest BCUT2D eigenvalue weighted by atomic mass is 10.1. The van der Waals surface area contributed by atoms with E-state index in [1.165, 1.54) is 22.9 Å². The lowest BCUT2D eigenvalue weighted by molar-refractivity contribution is 0.432. The van der Waals surface area contributed by atoms with Gasteiger partial charge in [0.1, 0.15) is 11.4 Å². The summed E-state index contributed by atoms with van der Waals surface area (Å²) in [5, 5.41) is 10.5. The molecule has 0 unspecified atom stereocenters. The Balaban J connectivity index is 2.12. The van der Waals surface area contributed by atoms with Gasteiger partial charge in [-0.3, -0.25) is 19.3 Å². The number of aromatic hydroxyl groups is 1. The molecule has 3 aromatic rings. The van der Waals surface area contributed by atoms with E-state index in [4.69, 9.17) is 23.8 Å². The number of hydrogen-bond donors (Lipinski definition) is 2. The molecule has 2 aromatic carbocycles. The summed E-state index contributed by atoms with van der Waals surface area (Å²) in [5.41, 5.74) is 2.45. The normalized spacial score (nSPS) is 11.3. The molecule has 0 saturated heterocycles. The average molecular weight is 404 g/mol. The van der Waals surface area contributed by atoms with Crippen LogP contribution in [-0.2, 0) is 0 Å². The third-order valence-corrected chi connectivity index (χ3v) is 4.69. The molecule has 1 heterocycles. The minimum atomic E-state index is -0.604. The van der Waals surface area contributed by atoms with Crippen LogP contribution in [0.15, 0.2) is 46.2 Å². The zero-order valence-electron chi connectivity index (χ0n) is 14.5. The number of aromatic amines is 1. The van der Waals surface area contributed by atoms with Crippen molar-refractivity contribution in [2.24, 2.45) is 4.99 Å². The molecule has 138 valence electrons. The second-order valence-corrected chi connectivity index (χ2v) is 6.75. The first kappa shape index (κ1) is 19.0. The molecule has 27 heavy (non-hydrogen) atoms. The second kappa shape index (κ2) is 7.46. The molecular weight excluding hydrogens is 389 g/mol. The van der Waals surface area contributed by atoms with Crippen molar-refractivity contribution < 1.29 is 9.50 Å². The minimum Gasteiger partial charge on any atom is -0.494 e. The van der Waals surface area contributed by atoms with Crippen molar-refractivity contribution in [3.05, 3.63) is 79.1 Å². The first-order valence-electron chi connectivity index (χ1n) is 7.93. The molecule has 8 heteroatoms. The Hall–Kier alpha value is -2.77. The largest absolute Gasteiger partial charge is 0.494 e. The van der Waals surface area contributed by atoms with Crippen molar-refractivity contribution in [1.82, 2.24) is 9.55 Å². The summed E-state index contributed by atoms with van der Waals surface area (Å²) in [5.74, 6) is -1.02. The van der Waals surface area contributed by atoms with Gasteiger partial charge < -0.3 is 5.11 Å². The van der Waals surface area contributed by atoms with E-state index in [1.54, 1.807) is 6.07 Å². The Morgan fingerprint density at radius 3 is 2.63 bits per heavy atom. The summed E-state index contributed by atoms with van der Waals surface area (Å²) in [7, 11) is 0. The van der Waals surface area contributed by atoms with Gasteiger partial charge in [0, 0.05) is 6.21 Å². The van der Waals surface area contributed by atoms with Crippen LogP contribution in [0.3, 0.4) is 0 Å². The summed E-state index contributed by atoms with van der Waals surface area (Å²) in [6.07, 6.45) is 1.26. The van der Waals surface area contributed by atoms with Gasteiger partial charge in [0.25, 0.3) is 5.56 Å². The summed E-state index contributed by atoms with van der Waals surface area (Å²) in [6.45, 7) is 3.94. The quantitative estimate of drug-likeness (QED) is 0.489. The highest BCUT2D eigenvalue weighted by molar-refractivity contribution is 7.71. The summed E-state index contributed by atoms with van der Waals surface area (Å²) in [4.78, 5) is 19.0. The van der Waals surface area contributed by atoms with Crippen molar-refractivity contribution in [2.75, 3.05) is 0 Å². The topological polar surface area (TPSA) is 70.4 Å². The average Bonchev–Trinajstić information content (AvgIpc) is 2.60. The molecule has 3 rings (SSSR count). The molecule has 0 aliphatic heterocycles. The molecule has 1 aromatic heterocycles. The van der Waals surface area contributed by atoms with Gasteiger partial charge in [-0.2, -0.15) is 0 Å². The third-order valence-electron chi connectivity index (χ3n) is 4.12. The Morgan fingerprint density at radius 2 is 1.96 bits per heavy atom. The van der Waals surface area contributed by atoms with Gasteiger partial charge in [-0.25, -0.2) is 4.39 Å². The number of nitrogens with one attached hydrogen (secondary N) is 1. The van der Waals surface area contributed by atoms with Crippen LogP contribution >= 0.6 is 23.8 Å². The predicted octanol–water partition coefficient (Wildman–Crippen LogP) is 4.76. The van der Waals surface area contributed by atoms with Crippen molar-refractivity contribution in [3.8, 4) is 11.6 Å². The van der Waals surface area contributed by atoms with E-state index in [9.17, 15) is 14.3 Å². The second-order valence-electron chi connectivity index (χ2n) is 5.96. The fourth-order valence-corrected chi connectivity index (χ4v) is 2.92. The van der Waals surface area contributed by atoms with E-state index >= 15 is 0 Å². The number of benzene rings is 2. The summed E-state index contributed by atoms with van der Waals surface area (Å²) in [6, 6.07) is 9.42. The molecule has 0 bridgehead atoms. The first-order chi connectivity index (χ1) is 12.8. The Bertz CT molecular complexity index is 1180. The molecule has 0 aliphatic rings. The molecule has 0 saturated carbocycles. The van der Waals surface area contributed by atoms with Crippen molar-refractivity contribution in [2.45, 2.75) is 13.8 Å². The molecule has 2 N–H and O–H groups in total. The van der Waals surface area contributed by atoms with Crippen LogP contribution in [0, 0.1) is 24.4 Å². The smallest absolute Gasteiger partial charge is 0.264 e. The van der Waals surface area contributed by atoms with E-state index < -0.39 is 17.3 Å². The van der Waals surface area contributed by atoms with Gasteiger partial charge in [-0.05, 0) is 67.5 Å². The monoisotopic (exact) mass is 403 g/mol. The maximum Gasteiger partial charge on any atom is 0.264 e. The summed E-state index contributed by atoms with van der Waals surface area (Å²) >= 11 is 10.9. The Morgan fingerprint density at radius 1 is 1.22 bits per heavy atom. The van der Waals surface area contributed by atoms with Gasteiger partial charge in [0.05, 0.1) is 16.4 Å². The number of rotatable bonds is 3. The maximum absolute atomic E-state index is 13.4. The van der Waals surface area contributed by atoms with Crippen LogP contribution in [0.4, 0.5) is 10.1 Å². The lowest BCUT2D eigenvalue weighted by Gasteiger charge is -2.11. The Kier molecular flexibility index (Phi) is 5.25. The molecular formula is C19H15ClFN3O2S. The highest BCUT2D eigenvalue weighted by Gasteiger charge is 2.14. The van der Waals surface area contributed by atoms with E-state index in [0.717, 1.165) is 17.2 Å². The van der Waals surface area contributed by atoms with Crippen LogP contribution in [0.1, 0.15) is 16.7 Å². The van der Waals surface area contributed by atoms with Crippen LogP contribution in [0.25, 0.3) is 5.69 Å². The number of hydrogen-bond acceptors (Lipinski definition) is 4. The van der Waals surface area contributed by atoms with Crippen LogP contribution in [0.5, 0.6) is 5.88 Å². The molecule has 0 spiro atoms. The van der Waals surface area contributed by atoms with Gasteiger partial charge in [-0.15, -0.1) is 0 Å². The maximum atomic E-state index is 13.4. The van der Waals surface area contributed by atoms with E-state index in [2.05, 4.69) is 9.98 Å². The highest BCUT2D eigenvalue weighted by atomic mass is 35.5. The van der Waals surface area contributed by atoms with Gasteiger partial charge >= 0.3 is 0 Å². The fourth-order valence-electron chi connectivity index (χ4n) is 2.46. The highest BCUT2D eigenvalue weighted by Crippen LogP contribution is 2.24. The third kappa shape index (κ3) is 3.84. The lowest BCUT2D eigenvalue weighted by Crippen LogP contribution is -2.18. The van der Waals surface area contributed by atoms with Crippen molar-refractivity contribution >= 4 is 35.7 Å². The zero-order valence-corrected chi connectivity index (χ0v) is 16.0. The van der Waals surface area contributed by atoms with Crippen LogP contribution in [-0.4, -0.2) is 20.9 Å². The number of aliphatic imine (C=N–C) groups is 1. The van der Waals surface area contributed by atoms with E-state index in [1.807, 2.05) is 26.0 Å². The minimum absolute atomic E-state index is 0.0523. The molecule has 0 atom stereocenters. The summed E-state index contributed by atoms with van der Waals surface area (Å²) < 4.78 is 14.6. The zero-order chi connectivity index (χ0) is 19.7. The number of aryl methyl sites for hydroxylation is 2. The molecule has 0 aliphatic carbocycles. The van der Waals surface area contributed by atoms with Crippen LogP contribution in [0.2, 0.25) is 5.02 Å². The van der Waals surface area contributed by atoms with Gasteiger partial charge in [0.2, 0.25) is 5.88 Å². The number of halogens is 2. The number of H-pyrrole nitrogens is 1. The molecule has 5 nitrogen and oxygen atoms in total. The van der Waals surface area contributed by atoms with E-state index in [-0.39, 0.29) is 15.4 Å². The van der Waals surface area contributed by atoms with Gasteiger partial charge in [0.15, 0.2) is 4.77 Å². The fraction of sp³-hybridized carbons (Fsp3) is 0.105. The number of nitrogens with zero attached hydrogens (tertiary/aromatic N) is 2. The SMILES string of the molecule is Cc1ccc(N=Cc2c(O)n(-c3ccc(F)c(Cl)c3)c(=S)[nH]c2=O)cc1C. The molecule has 0 radical (unpaired) electrons. The molecule has 0 fully saturated rings. The molecule has 0 amide bonds. The van der Waals surface area contributed by atoms with Gasteiger partial charge in [-0.1, -0.05) is 17.7 Å². The predicted molar refractivity (Wildman–Crippen MR) is 107 cm³/mol. The first-order valence-corrected chi connectivity index (χ1v) is 8.71. The van der Waals surface area contributed by atoms with Crippen LogP contribution < -0.4 is 5.56 Å². The number of aromatic nitrogens is 2. The van der Waals surface area contributed by atoms with E-state index in [0.29, 0.717) is 11.4 Å². The van der Waals surface area contributed by atoms with Crippen molar-refractivity contribution in [3.63, 3.8) is 0 Å². The van der Waals surface area contributed by atoms with Crippen molar-refractivity contribution in [1.29, 1.82) is 0 Å².